The third-order valence-electron chi connectivity index (χ3n) is 13.4. The predicted octanol–water partition coefficient (Wildman–Crippen LogP) is 6.13. The molecule has 6 atom stereocenters. The lowest BCUT2D eigenvalue weighted by molar-refractivity contribution is -0.00456. The van der Waals surface area contributed by atoms with Crippen molar-refractivity contribution < 1.29 is 28.0 Å². The minimum atomic E-state index is -3.47. The normalized spacial score (nSPS) is 32.5. The van der Waals surface area contributed by atoms with Gasteiger partial charge in [0.15, 0.2) is 0 Å². The fraction of sp³-hybridized carbons (Fsp3) is 0.628. The van der Waals surface area contributed by atoms with Gasteiger partial charge in [-0.05, 0) is 105 Å². The number of hydrogen-bond donors (Lipinski definition) is 1. The standard InChI is InChI=1S/C43H59N5O6S/c1-29-10-14-37-31(21-29)8-6-18-43(37)27-48-23-33-11-13-36(33)39(53-4)9-5-7-30(2)26-55(51,44-41(49)32-12-15-40(54-28-43)38(48)22-32)45-42(50)47-24-34(25-47)46-19-16-35(52-3)17-20-46/h5,9-10,12,14-15,21-22,30,33-36,39H,6-8,11,13,16-20,23-28H2,1-4H3,(H,44,45,49,50,51)/b9-5+/t30-,33-,36+,39-,43-,55?/m0/s1. The van der Waals surface area contributed by atoms with E-state index >= 15 is 0 Å². The van der Waals surface area contributed by atoms with Crippen molar-refractivity contribution in [1.82, 2.24) is 14.5 Å². The van der Waals surface area contributed by atoms with E-state index in [2.05, 4.69) is 56.2 Å². The molecule has 2 aromatic carbocycles. The van der Waals surface area contributed by atoms with Gasteiger partial charge in [0, 0.05) is 70.5 Å². The second-order valence-electron chi connectivity index (χ2n) is 17.3. The Morgan fingerprint density at radius 1 is 1.04 bits per heavy atom. The number of rotatable bonds is 4. The van der Waals surface area contributed by atoms with Crippen molar-refractivity contribution >= 4 is 27.5 Å². The first-order valence-corrected chi connectivity index (χ1v) is 22.2. The molecule has 1 N–H and O–H groups in total. The molecule has 0 radical (unpaired) electrons. The molecule has 3 fully saturated rings. The van der Waals surface area contributed by atoms with Crippen LogP contribution in [0.15, 0.2) is 52.9 Å². The van der Waals surface area contributed by atoms with Gasteiger partial charge in [-0.15, -0.1) is 4.36 Å². The van der Waals surface area contributed by atoms with Crippen LogP contribution >= 0.6 is 0 Å². The second-order valence-corrected chi connectivity index (χ2v) is 19.3. The Bertz CT molecular complexity index is 1910. The molecule has 2 aliphatic carbocycles. The van der Waals surface area contributed by atoms with Crippen molar-refractivity contribution in [3.05, 3.63) is 70.8 Å². The van der Waals surface area contributed by atoms with Gasteiger partial charge in [-0.3, -0.25) is 14.4 Å². The van der Waals surface area contributed by atoms with Crippen LogP contribution in [0.2, 0.25) is 0 Å². The third-order valence-corrected chi connectivity index (χ3v) is 15.4. The maximum absolute atomic E-state index is 14.7. The molecule has 4 aliphatic heterocycles. The molecule has 11 nitrogen and oxygen atoms in total. The minimum absolute atomic E-state index is 0.0322. The third kappa shape index (κ3) is 7.93. The van der Waals surface area contributed by atoms with Crippen LogP contribution in [0.25, 0.3) is 0 Å². The van der Waals surface area contributed by atoms with E-state index in [9.17, 15) is 13.8 Å². The number of ether oxygens (including phenoxy) is 3. The molecule has 298 valence electrons. The molecule has 6 aliphatic rings. The highest BCUT2D eigenvalue weighted by molar-refractivity contribution is 7.92. The van der Waals surface area contributed by atoms with Gasteiger partial charge < -0.3 is 24.0 Å². The first-order valence-electron chi connectivity index (χ1n) is 20.5. The average molecular weight is 774 g/mol. The maximum atomic E-state index is 14.7. The number of hydrogen-bond acceptors (Lipinski definition) is 8. The Kier molecular flexibility index (Phi) is 11.1. The van der Waals surface area contributed by atoms with Gasteiger partial charge in [-0.1, -0.05) is 42.8 Å². The number of aryl methyl sites for hydroxylation is 2. The number of nitrogens with one attached hydrogen (secondary N) is 1. The number of nitrogens with zero attached hydrogens (tertiary/aromatic N) is 4. The zero-order valence-corrected chi connectivity index (χ0v) is 33.9. The molecule has 4 heterocycles. The quantitative estimate of drug-likeness (QED) is 0.370. The SMILES string of the molecule is COC1CCN(C2CN(C(=O)NS3(=O)=NC(=O)c4ccc5c(c4)N(C[C@@H]4CC[C@H]4[C@@H](OC)/C=C/C[C@H](C)C3)C[C@@]3(CCCc4cc(C)ccc43)CO5)C2)CC1. The first kappa shape index (κ1) is 38.4. The van der Waals surface area contributed by atoms with Crippen LogP contribution in [0, 0.1) is 24.7 Å². The molecule has 1 spiro atoms. The lowest BCUT2D eigenvalue weighted by Gasteiger charge is -2.47. The van der Waals surface area contributed by atoms with Crippen molar-refractivity contribution in [2.45, 2.75) is 88.9 Å². The van der Waals surface area contributed by atoms with Crippen molar-refractivity contribution in [1.29, 1.82) is 0 Å². The summed E-state index contributed by atoms with van der Waals surface area (Å²) in [6.07, 6.45) is 12.5. The van der Waals surface area contributed by atoms with E-state index < -0.39 is 21.9 Å². The molecule has 1 saturated carbocycles. The van der Waals surface area contributed by atoms with Crippen molar-refractivity contribution in [2.24, 2.45) is 22.1 Å². The van der Waals surface area contributed by atoms with Crippen LogP contribution in [0.5, 0.6) is 5.75 Å². The summed E-state index contributed by atoms with van der Waals surface area (Å²) >= 11 is 0. The summed E-state index contributed by atoms with van der Waals surface area (Å²) < 4.78 is 40.2. The lowest BCUT2D eigenvalue weighted by Crippen LogP contribution is -2.64. The van der Waals surface area contributed by atoms with E-state index in [1.165, 1.54) is 16.7 Å². The molecule has 2 aromatic rings. The molecule has 12 heteroatoms. The van der Waals surface area contributed by atoms with E-state index in [1.54, 1.807) is 25.2 Å². The summed E-state index contributed by atoms with van der Waals surface area (Å²) in [6, 6.07) is 12.2. The number of benzene rings is 2. The Balaban J connectivity index is 1.10. The summed E-state index contributed by atoms with van der Waals surface area (Å²) in [7, 11) is 0.0806. The molecule has 2 saturated heterocycles. The second kappa shape index (κ2) is 15.8. The fourth-order valence-electron chi connectivity index (χ4n) is 10.1. The van der Waals surface area contributed by atoms with Crippen LogP contribution in [-0.4, -0.2) is 110 Å². The topological polar surface area (TPSA) is 113 Å². The number of methoxy groups -OCH3 is 2. The van der Waals surface area contributed by atoms with Gasteiger partial charge in [0.1, 0.15) is 15.7 Å². The van der Waals surface area contributed by atoms with Crippen LogP contribution in [0.1, 0.15) is 78.9 Å². The Hall–Kier alpha value is -3.45. The van der Waals surface area contributed by atoms with Crippen LogP contribution in [0.3, 0.4) is 0 Å². The van der Waals surface area contributed by atoms with Gasteiger partial charge in [0.25, 0.3) is 5.91 Å². The molecule has 0 aromatic heterocycles. The summed E-state index contributed by atoms with van der Waals surface area (Å²) in [5, 5.41) is 0. The molecule has 2 bridgehead atoms. The van der Waals surface area contributed by atoms with Crippen molar-refractivity contribution in [3.8, 4) is 5.75 Å². The number of urea groups is 1. The average Bonchev–Trinajstić information content (AvgIpc) is 3.28. The fourth-order valence-corrected chi connectivity index (χ4v) is 11.9. The Morgan fingerprint density at radius 3 is 2.60 bits per heavy atom. The number of piperidine rings is 1. The number of amides is 3. The molecular formula is C43H59N5O6S. The van der Waals surface area contributed by atoms with Gasteiger partial charge in [-0.25, -0.2) is 9.00 Å². The summed E-state index contributed by atoms with van der Waals surface area (Å²) in [6.45, 7) is 9.28. The number of likely N-dealkylation sites (tertiary alicyclic amines) is 2. The highest BCUT2D eigenvalue weighted by atomic mass is 32.2. The molecule has 8 rings (SSSR count). The summed E-state index contributed by atoms with van der Waals surface area (Å²) in [5.74, 6) is 0.883. The monoisotopic (exact) mass is 773 g/mol. The van der Waals surface area contributed by atoms with Crippen molar-refractivity contribution in [2.75, 3.05) is 70.7 Å². The lowest BCUT2D eigenvalue weighted by atomic mass is 9.68. The van der Waals surface area contributed by atoms with E-state index in [1.807, 2.05) is 19.1 Å². The minimum Gasteiger partial charge on any atom is -0.490 e. The zero-order chi connectivity index (χ0) is 38.3. The molecule has 55 heavy (non-hydrogen) atoms. The number of carbonyl (C=O) groups is 2. The smallest absolute Gasteiger partial charge is 0.329 e. The number of anilines is 1. The predicted molar refractivity (Wildman–Crippen MR) is 215 cm³/mol. The number of carbonyl (C=O) groups excluding carboxylic acids is 2. The van der Waals surface area contributed by atoms with E-state index in [-0.39, 0.29) is 29.2 Å². The van der Waals surface area contributed by atoms with Crippen LogP contribution < -0.4 is 14.4 Å². The molecular weight excluding hydrogens is 715 g/mol. The van der Waals surface area contributed by atoms with Crippen molar-refractivity contribution in [3.63, 3.8) is 0 Å². The highest BCUT2D eigenvalue weighted by Crippen LogP contribution is 2.47. The van der Waals surface area contributed by atoms with Gasteiger partial charge in [0.2, 0.25) is 0 Å². The Morgan fingerprint density at radius 2 is 1.85 bits per heavy atom. The number of allylic oxidation sites excluding steroid dienone is 1. The van der Waals surface area contributed by atoms with Gasteiger partial charge >= 0.3 is 6.03 Å². The van der Waals surface area contributed by atoms with Gasteiger partial charge in [0.05, 0.1) is 30.3 Å². The Labute approximate surface area is 327 Å². The first-order chi connectivity index (χ1) is 26.5. The van der Waals surface area contributed by atoms with E-state index in [4.69, 9.17) is 14.2 Å². The van der Waals surface area contributed by atoms with Crippen LogP contribution in [0.4, 0.5) is 10.5 Å². The number of fused-ring (bicyclic) bond motifs is 4. The zero-order valence-electron chi connectivity index (χ0n) is 33.0. The van der Waals surface area contributed by atoms with E-state index in [0.717, 1.165) is 82.6 Å². The highest BCUT2D eigenvalue weighted by Gasteiger charge is 2.45. The maximum Gasteiger partial charge on any atom is 0.329 e. The molecule has 1 unspecified atom stereocenters. The summed E-state index contributed by atoms with van der Waals surface area (Å²) in [5.41, 5.74) is 5.06. The summed E-state index contributed by atoms with van der Waals surface area (Å²) in [4.78, 5) is 34.3. The van der Waals surface area contributed by atoms with Crippen LogP contribution in [-0.2, 0) is 31.2 Å². The largest absolute Gasteiger partial charge is 0.490 e. The molecule has 3 amide bonds. The van der Waals surface area contributed by atoms with Gasteiger partial charge in [-0.2, -0.15) is 0 Å². The van der Waals surface area contributed by atoms with E-state index in [0.29, 0.717) is 49.6 Å².